The molecule has 0 atom stereocenters. The number of hydrogen-bond acceptors (Lipinski definition) is 4. The van der Waals surface area contributed by atoms with E-state index in [4.69, 9.17) is 0 Å². The largest absolute Gasteiger partial charge is 0.351 e. The number of benzene rings is 2. The van der Waals surface area contributed by atoms with Gasteiger partial charge in [0.15, 0.2) is 5.78 Å². The number of carbonyl (C=O) groups is 3. The van der Waals surface area contributed by atoms with E-state index in [0.717, 1.165) is 12.1 Å². The average molecular weight is 381 g/mol. The Balaban J connectivity index is 1.85. The summed E-state index contributed by atoms with van der Waals surface area (Å²) in [5.74, 6) is -0.512. The fourth-order valence-electron chi connectivity index (χ4n) is 2.57. The molecule has 2 rings (SSSR count). The zero-order chi connectivity index (χ0) is 20.5. The van der Waals surface area contributed by atoms with Crippen LogP contribution in [0.1, 0.15) is 39.1 Å². The molecule has 28 heavy (non-hydrogen) atoms. The molecule has 6 heteroatoms. The first-order chi connectivity index (χ1) is 13.3. The summed E-state index contributed by atoms with van der Waals surface area (Å²) in [7, 11) is 3.87. The molecular formula is C22H27N3O3. The van der Waals surface area contributed by atoms with Crippen molar-refractivity contribution in [1.29, 1.82) is 0 Å². The van der Waals surface area contributed by atoms with Crippen LogP contribution < -0.4 is 10.6 Å². The lowest BCUT2D eigenvalue weighted by Crippen LogP contribution is -2.31. The highest BCUT2D eigenvalue weighted by Crippen LogP contribution is 2.13. The van der Waals surface area contributed by atoms with Crippen molar-refractivity contribution >= 4 is 23.3 Å². The van der Waals surface area contributed by atoms with Gasteiger partial charge < -0.3 is 15.5 Å². The maximum atomic E-state index is 12.2. The number of nitrogens with one attached hydrogen (secondary N) is 2. The molecule has 148 valence electrons. The normalized spacial score (nSPS) is 10.6. The minimum absolute atomic E-state index is 0.0656. The Kier molecular flexibility index (Phi) is 7.89. The second-order valence-electron chi connectivity index (χ2n) is 6.98. The first kappa shape index (κ1) is 21.3. The number of amides is 2. The van der Waals surface area contributed by atoms with Gasteiger partial charge in [-0.05, 0) is 39.2 Å². The molecule has 0 heterocycles. The smallest absolute Gasteiger partial charge is 0.251 e. The highest BCUT2D eigenvalue weighted by atomic mass is 16.2. The van der Waals surface area contributed by atoms with E-state index in [0.29, 0.717) is 23.4 Å². The van der Waals surface area contributed by atoms with Crippen LogP contribution in [0, 0.1) is 6.92 Å². The zero-order valence-electron chi connectivity index (χ0n) is 16.6. The summed E-state index contributed by atoms with van der Waals surface area (Å²) in [5, 5.41) is 5.58. The quantitative estimate of drug-likeness (QED) is 0.655. The van der Waals surface area contributed by atoms with Gasteiger partial charge >= 0.3 is 0 Å². The number of rotatable bonds is 9. The molecule has 6 nitrogen and oxygen atoms in total. The lowest BCUT2D eigenvalue weighted by atomic mass is 10.0. The van der Waals surface area contributed by atoms with Crippen molar-refractivity contribution in [2.24, 2.45) is 0 Å². The minimum Gasteiger partial charge on any atom is -0.351 e. The van der Waals surface area contributed by atoms with E-state index in [1.807, 2.05) is 38.1 Å². The molecule has 0 aromatic heterocycles. The van der Waals surface area contributed by atoms with Crippen molar-refractivity contribution in [2.45, 2.75) is 19.8 Å². The number of nitrogens with zero attached hydrogens (tertiary/aromatic N) is 1. The topological polar surface area (TPSA) is 78.5 Å². The summed E-state index contributed by atoms with van der Waals surface area (Å²) in [6, 6.07) is 14.1. The summed E-state index contributed by atoms with van der Waals surface area (Å²) in [4.78, 5) is 38.5. The van der Waals surface area contributed by atoms with Gasteiger partial charge in [0.2, 0.25) is 5.91 Å². The third-order valence-electron chi connectivity index (χ3n) is 4.21. The molecule has 0 saturated heterocycles. The molecule has 2 N–H and O–H groups in total. The van der Waals surface area contributed by atoms with Crippen molar-refractivity contribution < 1.29 is 14.4 Å². The Bertz CT molecular complexity index is 829. The van der Waals surface area contributed by atoms with Crippen molar-refractivity contribution in [3.8, 4) is 0 Å². The Morgan fingerprint density at radius 1 is 0.929 bits per heavy atom. The van der Waals surface area contributed by atoms with Gasteiger partial charge in [-0.3, -0.25) is 14.4 Å². The van der Waals surface area contributed by atoms with Gasteiger partial charge in [-0.1, -0.05) is 35.9 Å². The fraction of sp³-hybridized carbons (Fsp3) is 0.318. The molecule has 0 unspecified atom stereocenters. The average Bonchev–Trinajstić information content (AvgIpc) is 2.66. The van der Waals surface area contributed by atoms with Crippen molar-refractivity contribution in [3.63, 3.8) is 0 Å². The van der Waals surface area contributed by atoms with E-state index >= 15 is 0 Å². The zero-order valence-corrected chi connectivity index (χ0v) is 16.6. The van der Waals surface area contributed by atoms with E-state index in [9.17, 15) is 14.4 Å². The lowest BCUT2D eigenvalue weighted by Gasteiger charge is -2.11. The van der Waals surface area contributed by atoms with Gasteiger partial charge in [0.1, 0.15) is 0 Å². The number of aryl methyl sites for hydroxylation is 1. The van der Waals surface area contributed by atoms with Gasteiger partial charge in [-0.2, -0.15) is 0 Å². The maximum absolute atomic E-state index is 12.2. The van der Waals surface area contributed by atoms with Gasteiger partial charge in [0.05, 0.1) is 0 Å². The Morgan fingerprint density at radius 3 is 2.32 bits per heavy atom. The molecule has 0 aliphatic rings. The molecule has 0 radical (unpaired) electrons. The van der Waals surface area contributed by atoms with E-state index in [1.165, 1.54) is 0 Å². The van der Waals surface area contributed by atoms with Crippen molar-refractivity contribution in [3.05, 3.63) is 65.2 Å². The van der Waals surface area contributed by atoms with Crippen LogP contribution in [-0.4, -0.2) is 49.7 Å². The van der Waals surface area contributed by atoms with Crippen LogP contribution >= 0.6 is 0 Å². The van der Waals surface area contributed by atoms with E-state index < -0.39 is 0 Å². The molecule has 2 amide bonds. The van der Waals surface area contributed by atoms with Gasteiger partial charge in [0, 0.05) is 42.7 Å². The summed E-state index contributed by atoms with van der Waals surface area (Å²) in [5.41, 5.74) is 2.70. The Morgan fingerprint density at radius 2 is 1.64 bits per heavy atom. The molecule has 0 aliphatic heterocycles. The van der Waals surface area contributed by atoms with Crippen LogP contribution in [0.3, 0.4) is 0 Å². The molecule has 0 spiro atoms. The summed E-state index contributed by atoms with van der Waals surface area (Å²) in [6.07, 6.45) is 0.228. The Hall–Kier alpha value is -2.99. The standard InChI is InChI=1S/C22H27N3O3/c1-16-7-9-17(10-8-16)20(26)11-12-21(27)24-19-6-4-5-18(15-19)22(28)23-13-14-25(2)3/h4-10,15H,11-14H2,1-3H3,(H,23,28)(H,24,27). The number of Topliss-reactive ketones (excluding diaryl/α,β-unsaturated/α-hetero) is 1. The van der Waals surface area contributed by atoms with Gasteiger partial charge in [-0.15, -0.1) is 0 Å². The number of anilines is 1. The highest BCUT2D eigenvalue weighted by Gasteiger charge is 2.11. The number of likely N-dealkylation sites (N-methyl/N-ethyl adjacent to an activating group) is 1. The second kappa shape index (κ2) is 10.4. The van der Waals surface area contributed by atoms with E-state index in [2.05, 4.69) is 10.6 Å². The van der Waals surface area contributed by atoms with Crippen molar-refractivity contribution in [1.82, 2.24) is 10.2 Å². The summed E-state index contributed by atoms with van der Waals surface area (Å²) in [6.45, 7) is 3.25. The van der Waals surface area contributed by atoms with Gasteiger partial charge in [-0.25, -0.2) is 0 Å². The van der Waals surface area contributed by atoms with Crippen LogP contribution in [0.15, 0.2) is 48.5 Å². The summed E-state index contributed by atoms with van der Waals surface area (Å²) >= 11 is 0. The monoisotopic (exact) mass is 381 g/mol. The predicted molar refractivity (Wildman–Crippen MR) is 111 cm³/mol. The SMILES string of the molecule is Cc1ccc(C(=O)CCC(=O)Nc2cccc(C(=O)NCCN(C)C)c2)cc1. The van der Waals surface area contributed by atoms with Crippen LogP contribution in [0.25, 0.3) is 0 Å². The second-order valence-corrected chi connectivity index (χ2v) is 6.98. The predicted octanol–water partition coefficient (Wildman–Crippen LogP) is 2.89. The number of carbonyl (C=O) groups excluding carboxylic acids is 3. The first-order valence-electron chi connectivity index (χ1n) is 9.28. The van der Waals surface area contributed by atoms with Crippen LogP contribution in [0.4, 0.5) is 5.69 Å². The fourth-order valence-corrected chi connectivity index (χ4v) is 2.57. The minimum atomic E-state index is -0.259. The van der Waals surface area contributed by atoms with E-state index in [-0.39, 0.29) is 30.4 Å². The number of hydrogen-bond donors (Lipinski definition) is 2. The molecule has 0 bridgehead atoms. The number of ketones is 1. The maximum Gasteiger partial charge on any atom is 0.251 e. The first-order valence-corrected chi connectivity index (χ1v) is 9.28. The summed E-state index contributed by atoms with van der Waals surface area (Å²) < 4.78 is 0. The molecule has 0 fully saturated rings. The van der Waals surface area contributed by atoms with Gasteiger partial charge in [0.25, 0.3) is 5.91 Å². The van der Waals surface area contributed by atoms with E-state index in [1.54, 1.807) is 36.4 Å². The third kappa shape index (κ3) is 6.96. The van der Waals surface area contributed by atoms with Crippen LogP contribution in [0.5, 0.6) is 0 Å². The van der Waals surface area contributed by atoms with Crippen LogP contribution in [0.2, 0.25) is 0 Å². The highest BCUT2D eigenvalue weighted by molar-refractivity contribution is 6.00. The molecule has 0 saturated carbocycles. The molecular weight excluding hydrogens is 354 g/mol. The molecule has 2 aromatic carbocycles. The third-order valence-corrected chi connectivity index (χ3v) is 4.21. The Labute approximate surface area is 165 Å². The lowest BCUT2D eigenvalue weighted by molar-refractivity contribution is -0.116. The van der Waals surface area contributed by atoms with Crippen LogP contribution in [-0.2, 0) is 4.79 Å². The molecule has 0 aliphatic carbocycles. The molecule has 2 aromatic rings. The van der Waals surface area contributed by atoms with Crippen molar-refractivity contribution in [2.75, 3.05) is 32.5 Å².